The lowest BCUT2D eigenvalue weighted by Crippen LogP contribution is -2.58. The van der Waals surface area contributed by atoms with E-state index in [1.165, 1.54) is 124 Å². The Morgan fingerprint density at radius 3 is 2.12 bits per heavy atom. The van der Waals surface area contributed by atoms with Crippen LogP contribution < -0.4 is 21.3 Å². The van der Waals surface area contributed by atoms with Crippen molar-refractivity contribution >= 4 is 11.7 Å². The van der Waals surface area contributed by atoms with E-state index in [-0.39, 0.29) is 24.7 Å². The molecule has 316 valence electrons. The van der Waals surface area contributed by atoms with Gasteiger partial charge in [-0.2, -0.15) is 0 Å². The van der Waals surface area contributed by atoms with Gasteiger partial charge in [-0.15, -0.1) is 0 Å². The van der Waals surface area contributed by atoms with Crippen molar-refractivity contribution in [1.29, 1.82) is 0 Å². The molecule has 0 radical (unpaired) electrons. The molecule has 0 bridgehead atoms. The van der Waals surface area contributed by atoms with E-state index in [1.54, 1.807) is 5.57 Å². The quantitative estimate of drug-likeness (QED) is 0.175. The van der Waals surface area contributed by atoms with Gasteiger partial charge in [-0.1, -0.05) is 97.2 Å². The van der Waals surface area contributed by atoms with Crippen molar-refractivity contribution < 1.29 is 0 Å². The first-order chi connectivity index (χ1) is 29.7. The highest BCUT2D eigenvalue weighted by Gasteiger charge is 2.39. The SMILES string of the molecule is C1=CCC(C2=NC(C3=CC(C4=CCCC(C5NC(C6CC(C7=CCCC=C7)CC(C7C=CCCC7)C6)=NC(C6=CCCCC6)N5)=C4)CCC3)NC(C3=CCCC=C3)N2)C=C1. The summed E-state index contributed by atoms with van der Waals surface area (Å²) < 4.78 is 0. The molecule has 6 heteroatoms. The lowest BCUT2D eigenvalue weighted by Gasteiger charge is -2.43. The first-order valence-electron chi connectivity index (χ1n) is 24.4. The fourth-order valence-corrected chi connectivity index (χ4v) is 12.1. The summed E-state index contributed by atoms with van der Waals surface area (Å²) in [6, 6.07) is 0. The maximum atomic E-state index is 5.66. The first-order valence-corrected chi connectivity index (χ1v) is 24.4. The molecule has 6 nitrogen and oxygen atoms in total. The second-order valence-corrected chi connectivity index (χ2v) is 19.5. The molecule has 0 aromatic rings. The standard InChI is InChI=1S/C54H70N6/c1-6-18-37(19-7-1)46-34-47(38-20-8-2-9-21-38)36-48(35-46)54-59-51(41-26-14-5-15-27-41)58-53(60-54)45-31-17-29-43(33-45)42-28-16-30-44(32-42)52-56-49(39-22-10-3-11-23-39)55-50(57-52)40-24-12-4-13-25-40/h3,6,8,10-12,18-20,22,24-26,29,32-33,38-39,42,46-48,50-53,57-58H,1-2,4-5,7,9,13-17,21,23,27-28,30-31,34-36H2,(H,55,56)(H,59,60). The summed E-state index contributed by atoms with van der Waals surface area (Å²) in [7, 11) is 0. The second kappa shape index (κ2) is 18.9. The van der Waals surface area contributed by atoms with Gasteiger partial charge in [0.15, 0.2) is 0 Å². The Kier molecular flexibility index (Phi) is 12.7. The summed E-state index contributed by atoms with van der Waals surface area (Å²) in [4.78, 5) is 11.1. The fourth-order valence-electron chi connectivity index (χ4n) is 12.1. The van der Waals surface area contributed by atoms with Gasteiger partial charge >= 0.3 is 0 Å². The Balaban J connectivity index is 0.911. The van der Waals surface area contributed by atoms with Crippen LogP contribution in [0.1, 0.15) is 128 Å². The lowest BCUT2D eigenvalue weighted by molar-refractivity contribution is 0.199. The largest absolute Gasteiger partial charge is 0.354 e. The topological polar surface area (TPSA) is 72.8 Å². The summed E-state index contributed by atoms with van der Waals surface area (Å²) in [6.45, 7) is 0. The van der Waals surface area contributed by atoms with Crippen LogP contribution in [-0.2, 0) is 0 Å². The number of amidine groups is 2. The second-order valence-electron chi connectivity index (χ2n) is 19.5. The van der Waals surface area contributed by atoms with Gasteiger partial charge in [-0.05, 0) is 180 Å². The zero-order valence-corrected chi connectivity index (χ0v) is 36.0. The zero-order valence-electron chi connectivity index (χ0n) is 36.0. The number of nitrogens with one attached hydrogen (secondary N) is 4. The van der Waals surface area contributed by atoms with Crippen LogP contribution in [0.15, 0.2) is 141 Å². The smallest absolute Gasteiger partial charge is 0.125 e. The number of rotatable bonds is 9. The molecule has 4 N–H and O–H groups in total. The van der Waals surface area contributed by atoms with Gasteiger partial charge in [0.25, 0.3) is 0 Å². The summed E-state index contributed by atoms with van der Waals surface area (Å²) in [6.07, 6.45) is 63.0. The van der Waals surface area contributed by atoms with E-state index in [4.69, 9.17) is 9.98 Å². The van der Waals surface area contributed by atoms with Gasteiger partial charge in [0.1, 0.15) is 36.3 Å². The molecule has 0 aromatic heterocycles. The molecular weight excluding hydrogens is 733 g/mol. The monoisotopic (exact) mass is 803 g/mol. The molecule has 0 amide bonds. The van der Waals surface area contributed by atoms with Crippen LogP contribution in [0.3, 0.4) is 0 Å². The van der Waals surface area contributed by atoms with Crippen LogP contribution in [0.2, 0.25) is 0 Å². The Morgan fingerprint density at radius 1 is 0.517 bits per heavy atom. The number of hydrogen-bond donors (Lipinski definition) is 4. The molecule has 2 aliphatic heterocycles. The summed E-state index contributed by atoms with van der Waals surface area (Å²) in [5.41, 5.74) is 8.92. The van der Waals surface area contributed by atoms with E-state index in [0.29, 0.717) is 29.6 Å². The van der Waals surface area contributed by atoms with Gasteiger partial charge in [0.2, 0.25) is 0 Å². The summed E-state index contributed by atoms with van der Waals surface area (Å²) in [5, 5.41) is 16.0. The number of hydrogen-bond acceptors (Lipinski definition) is 6. The van der Waals surface area contributed by atoms with Crippen molar-refractivity contribution in [2.24, 2.45) is 45.5 Å². The Morgan fingerprint density at radius 2 is 1.32 bits per heavy atom. The summed E-state index contributed by atoms with van der Waals surface area (Å²) in [5.74, 6) is 5.64. The number of aliphatic imine (C=N–C) groups is 2. The molecule has 10 atom stereocenters. The molecular formula is C54H70N6. The third-order valence-electron chi connectivity index (χ3n) is 15.4. The predicted molar refractivity (Wildman–Crippen MR) is 250 cm³/mol. The minimum Gasteiger partial charge on any atom is -0.354 e. The van der Waals surface area contributed by atoms with Crippen LogP contribution in [0.4, 0.5) is 0 Å². The average Bonchev–Trinajstić information content (AvgIpc) is 3.35. The minimum absolute atomic E-state index is 0.00527. The highest BCUT2D eigenvalue weighted by molar-refractivity contribution is 5.88. The molecule has 0 saturated heterocycles. The molecule has 10 unspecified atom stereocenters. The molecule has 8 aliphatic carbocycles. The van der Waals surface area contributed by atoms with Crippen molar-refractivity contribution in [2.45, 2.75) is 153 Å². The first kappa shape index (κ1) is 40.1. The van der Waals surface area contributed by atoms with E-state index in [2.05, 4.69) is 118 Å². The van der Waals surface area contributed by atoms with Gasteiger partial charge in [0, 0.05) is 17.8 Å². The molecule has 0 aromatic carbocycles. The van der Waals surface area contributed by atoms with Crippen LogP contribution in [0, 0.1) is 35.5 Å². The third kappa shape index (κ3) is 9.26. The van der Waals surface area contributed by atoms with Gasteiger partial charge < -0.3 is 10.6 Å². The maximum Gasteiger partial charge on any atom is 0.125 e. The van der Waals surface area contributed by atoms with Crippen molar-refractivity contribution in [3.05, 3.63) is 131 Å². The van der Waals surface area contributed by atoms with Crippen molar-refractivity contribution in [2.75, 3.05) is 0 Å². The fraction of sp³-hybridized carbons (Fsp3) is 0.556. The highest BCUT2D eigenvalue weighted by Crippen LogP contribution is 2.45. The molecule has 10 aliphatic rings. The van der Waals surface area contributed by atoms with Gasteiger partial charge in [-0.25, -0.2) is 9.98 Å². The van der Waals surface area contributed by atoms with Crippen LogP contribution in [0.5, 0.6) is 0 Å². The van der Waals surface area contributed by atoms with Crippen LogP contribution >= 0.6 is 0 Å². The predicted octanol–water partition coefficient (Wildman–Crippen LogP) is 11.4. The maximum absolute atomic E-state index is 5.66. The zero-order chi connectivity index (χ0) is 40.1. The lowest BCUT2D eigenvalue weighted by atomic mass is 9.66. The Labute approximate surface area is 360 Å². The molecule has 2 heterocycles. The molecule has 60 heavy (non-hydrogen) atoms. The van der Waals surface area contributed by atoms with Crippen molar-refractivity contribution in [3.8, 4) is 0 Å². The van der Waals surface area contributed by atoms with Crippen molar-refractivity contribution in [3.63, 3.8) is 0 Å². The van der Waals surface area contributed by atoms with Crippen LogP contribution in [-0.4, -0.2) is 36.3 Å². The molecule has 10 rings (SSSR count). The normalized spacial score (nSPS) is 36.9. The van der Waals surface area contributed by atoms with E-state index < -0.39 is 0 Å². The number of allylic oxidation sites excluding steroid dienone is 16. The molecule has 1 saturated carbocycles. The summed E-state index contributed by atoms with van der Waals surface area (Å²) >= 11 is 0. The van der Waals surface area contributed by atoms with Gasteiger partial charge in [0.05, 0.1) is 0 Å². The highest BCUT2D eigenvalue weighted by atomic mass is 15.3. The minimum atomic E-state index is -0.00527. The average molecular weight is 803 g/mol. The van der Waals surface area contributed by atoms with E-state index in [1.807, 2.05) is 0 Å². The Hall–Kier alpha value is -4.00. The molecule has 0 spiro atoms. The van der Waals surface area contributed by atoms with Crippen LogP contribution in [0.25, 0.3) is 0 Å². The van der Waals surface area contributed by atoms with E-state index in [0.717, 1.165) is 50.3 Å². The van der Waals surface area contributed by atoms with E-state index in [9.17, 15) is 0 Å². The molecule has 1 fully saturated rings. The van der Waals surface area contributed by atoms with Crippen molar-refractivity contribution in [1.82, 2.24) is 21.3 Å². The van der Waals surface area contributed by atoms with E-state index >= 15 is 0 Å². The third-order valence-corrected chi connectivity index (χ3v) is 15.4. The number of nitrogens with zero attached hydrogens (tertiary/aromatic N) is 2. The Bertz CT molecular complexity index is 2010. The van der Waals surface area contributed by atoms with Gasteiger partial charge in [-0.3, -0.25) is 10.6 Å².